The van der Waals surface area contributed by atoms with Gasteiger partial charge in [-0.15, -0.1) is 0 Å². The summed E-state index contributed by atoms with van der Waals surface area (Å²) in [5, 5.41) is 10.2. The SMILES string of the molecule is Cc1cccc(C(=O)Oc2ccc3ccccc3c2/C=N\NC(=O)CNC(=O)c2cccc3ccccc23)c1. The normalized spacial score (nSPS) is 11.0. The van der Waals surface area contributed by atoms with E-state index in [0.29, 0.717) is 22.4 Å². The zero-order valence-corrected chi connectivity index (χ0v) is 21.2. The molecule has 0 aliphatic rings. The van der Waals surface area contributed by atoms with Crippen molar-refractivity contribution in [2.75, 3.05) is 6.54 Å². The van der Waals surface area contributed by atoms with Gasteiger partial charge < -0.3 is 10.1 Å². The fraction of sp³-hybridized carbons (Fsp3) is 0.0625. The third-order valence-corrected chi connectivity index (χ3v) is 6.21. The number of amides is 2. The van der Waals surface area contributed by atoms with E-state index in [1.54, 1.807) is 36.4 Å². The van der Waals surface area contributed by atoms with Crippen molar-refractivity contribution in [3.8, 4) is 5.75 Å². The lowest BCUT2D eigenvalue weighted by Gasteiger charge is -2.11. The van der Waals surface area contributed by atoms with Crippen molar-refractivity contribution >= 4 is 45.5 Å². The molecule has 0 radical (unpaired) electrons. The summed E-state index contributed by atoms with van der Waals surface area (Å²) < 4.78 is 5.72. The van der Waals surface area contributed by atoms with Crippen molar-refractivity contribution in [1.29, 1.82) is 0 Å². The molecule has 7 nitrogen and oxygen atoms in total. The number of benzene rings is 5. The van der Waals surface area contributed by atoms with E-state index in [4.69, 9.17) is 4.74 Å². The number of esters is 1. The smallest absolute Gasteiger partial charge is 0.343 e. The highest BCUT2D eigenvalue weighted by Gasteiger charge is 2.14. The predicted octanol–water partition coefficient (Wildman–Crippen LogP) is 5.40. The lowest BCUT2D eigenvalue weighted by molar-refractivity contribution is -0.120. The molecule has 2 N–H and O–H groups in total. The fourth-order valence-corrected chi connectivity index (χ4v) is 4.32. The van der Waals surface area contributed by atoms with Gasteiger partial charge in [-0.1, -0.05) is 84.4 Å². The van der Waals surface area contributed by atoms with Gasteiger partial charge in [0.25, 0.3) is 11.8 Å². The summed E-state index contributed by atoms with van der Waals surface area (Å²) in [6.07, 6.45) is 1.44. The second-order valence-corrected chi connectivity index (χ2v) is 8.96. The molecule has 2 amide bonds. The minimum absolute atomic E-state index is 0.260. The first kappa shape index (κ1) is 25.4. The van der Waals surface area contributed by atoms with Gasteiger partial charge >= 0.3 is 5.97 Å². The molecule has 0 aromatic heterocycles. The molecule has 0 heterocycles. The van der Waals surface area contributed by atoms with Crippen LogP contribution in [0.1, 0.15) is 31.8 Å². The Morgan fingerprint density at radius 1 is 0.795 bits per heavy atom. The van der Waals surface area contributed by atoms with Gasteiger partial charge in [-0.25, -0.2) is 10.2 Å². The van der Waals surface area contributed by atoms with Gasteiger partial charge in [0.05, 0.1) is 18.3 Å². The third kappa shape index (κ3) is 5.83. The van der Waals surface area contributed by atoms with Crippen LogP contribution in [0.4, 0.5) is 0 Å². The number of hydrazone groups is 1. The van der Waals surface area contributed by atoms with Crippen LogP contribution in [0.3, 0.4) is 0 Å². The van der Waals surface area contributed by atoms with E-state index in [9.17, 15) is 14.4 Å². The monoisotopic (exact) mass is 515 g/mol. The second-order valence-electron chi connectivity index (χ2n) is 8.96. The van der Waals surface area contributed by atoms with E-state index in [-0.39, 0.29) is 12.5 Å². The number of fused-ring (bicyclic) bond motifs is 2. The average molecular weight is 516 g/mol. The average Bonchev–Trinajstić information content (AvgIpc) is 2.96. The van der Waals surface area contributed by atoms with E-state index >= 15 is 0 Å². The van der Waals surface area contributed by atoms with Gasteiger partial charge in [0, 0.05) is 11.1 Å². The molecular weight excluding hydrogens is 490 g/mol. The van der Waals surface area contributed by atoms with Crippen LogP contribution in [0.25, 0.3) is 21.5 Å². The highest BCUT2D eigenvalue weighted by Crippen LogP contribution is 2.27. The molecule has 0 aliphatic heterocycles. The summed E-state index contributed by atoms with van der Waals surface area (Å²) in [4.78, 5) is 38.0. The Morgan fingerprint density at radius 3 is 2.28 bits per heavy atom. The number of hydrogen-bond donors (Lipinski definition) is 2. The molecule has 0 aliphatic carbocycles. The van der Waals surface area contributed by atoms with Crippen LogP contribution in [0.5, 0.6) is 5.75 Å². The van der Waals surface area contributed by atoms with Crippen molar-refractivity contribution in [3.63, 3.8) is 0 Å². The molecule has 0 saturated carbocycles. The second kappa shape index (κ2) is 11.4. The van der Waals surface area contributed by atoms with E-state index < -0.39 is 11.9 Å². The number of nitrogens with one attached hydrogen (secondary N) is 2. The van der Waals surface area contributed by atoms with Gasteiger partial charge in [-0.2, -0.15) is 5.10 Å². The molecule has 5 aromatic rings. The van der Waals surface area contributed by atoms with Crippen molar-refractivity contribution in [2.24, 2.45) is 5.10 Å². The maximum atomic E-state index is 12.8. The Bertz CT molecular complexity index is 1740. The van der Waals surface area contributed by atoms with Crippen LogP contribution in [-0.4, -0.2) is 30.5 Å². The Morgan fingerprint density at radius 2 is 1.49 bits per heavy atom. The first-order chi connectivity index (χ1) is 19.0. The number of aryl methyl sites for hydroxylation is 1. The Balaban J connectivity index is 1.29. The van der Waals surface area contributed by atoms with Gasteiger partial charge in [-0.05, 0) is 52.7 Å². The van der Waals surface area contributed by atoms with Crippen LogP contribution in [-0.2, 0) is 4.79 Å². The quantitative estimate of drug-likeness (QED) is 0.131. The molecule has 7 heteroatoms. The van der Waals surface area contributed by atoms with Crippen molar-refractivity contribution in [3.05, 3.63) is 125 Å². The molecule has 39 heavy (non-hydrogen) atoms. The summed E-state index contributed by atoms with van der Waals surface area (Å²) >= 11 is 0. The molecular formula is C32H25N3O4. The number of carbonyl (C=O) groups excluding carboxylic acids is 3. The highest BCUT2D eigenvalue weighted by molar-refractivity contribution is 6.08. The Labute approximate surface area is 225 Å². The minimum Gasteiger partial charge on any atom is -0.422 e. The number of hydrogen-bond acceptors (Lipinski definition) is 5. The lowest BCUT2D eigenvalue weighted by atomic mass is 10.0. The van der Waals surface area contributed by atoms with Crippen molar-refractivity contribution in [1.82, 2.24) is 10.7 Å². The Hall–Kier alpha value is -5.30. The molecule has 5 aromatic carbocycles. The van der Waals surface area contributed by atoms with Crippen LogP contribution >= 0.6 is 0 Å². The van der Waals surface area contributed by atoms with Crippen molar-refractivity contribution in [2.45, 2.75) is 6.92 Å². The summed E-state index contributed by atoms with van der Waals surface area (Å²) in [6, 6.07) is 31.3. The standard InChI is InChI=1S/C32H25N3O4/c1-21-8-6-12-24(18-21)32(38)39-29-17-16-23-10-3-5-14-26(23)28(29)19-34-35-30(36)20-33-31(37)27-15-7-11-22-9-2-4-13-25(22)27/h2-19H,20H2,1H3,(H,33,37)(H,35,36)/b34-19-. The van der Waals surface area contributed by atoms with E-state index in [1.807, 2.05) is 73.7 Å². The molecule has 0 fully saturated rings. The molecule has 0 saturated heterocycles. The molecule has 0 unspecified atom stereocenters. The zero-order chi connectivity index (χ0) is 27.2. The fourth-order valence-electron chi connectivity index (χ4n) is 4.32. The van der Waals surface area contributed by atoms with Crippen molar-refractivity contribution < 1.29 is 19.1 Å². The maximum Gasteiger partial charge on any atom is 0.343 e. The molecule has 0 spiro atoms. The number of rotatable bonds is 7. The van der Waals surface area contributed by atoms with Crippen LogP contribution < -0.4 is 15.5 Å². The number of ether oxygens (including phenoxy) is 1. The summed E-state index contributed by atoms with van der Waals surface area (Å²) in [6.45, 7) is 1.64. The summed E-state index contributed by atoms with van der Waals surface area (Å²) in [5.74, 6) is -1.05. The van der Waals surface area contributed by atoms with Gasteiger partial charge in [0.1, 0.15) is 5.75 Å². The van der Waals surface area contributed by atoms with E-state index in [2.05, 4.69) is 15.8 Å². The van der Waals surface area contributed by atoms with E-state index in [1.165, 1.54) is 6.21 Å². The summed E-state index contributed by atoms with van der Waals surface area (Å²) in [7, 11) is 0. The molecule has 192 valence electrons. The minimum atomic E-state index is -0.502. The Kier molecular flexibility index (Phi) is 7.41. The van der Waals surface area contributed by atoms with Crippen LogP contribution in [0.2, 0.25) is 0 Å². The first-order valence-corrected chi connectivity index (χ1v) is 12.4. The highest BCUT2D eigenvalue weighted by atomic mass is 16.5. The van der Waals surface area contributed by atoms with Gasteiger partial charge in [-0.3, -0.25) is 9.59 Å². The first-order valence-electron chi connectivity index (χ1n) is 12.4. The van der Waals surface area contributed by atoms with Gasteiger partial charge in [0.15, 0.2) is 0 Å². The number of nitrogens with zero attached hydrogens (tertiary/aromatic N) is 1. The summed E-state index contributed by atoms with van der Waals surface area (Å²) in [5.41, 5.74) is 4.83. The lowest BCUT2D eigenvalue weighted by Crippen LogP contribution is -2.35. The zero-order valence-electron chi connectivity index (χ0n) is 21.2. The largest absolute Gasteiger partial charge is 0.422 e. The molecule has 0 bridgehead atoms. The van der Waals surface area contributed by atoms with Crippen LogP contribution in [0, 0.1) is 6.92 Å². The predicted molar refractivity (Wildman–Crippen MR) is 152 cm³/mol. The topological polar surface area (TPSA) is 96.9 Å². The molecule has 5 rings (SSSR count). The molecule has 0 atom stereocenters. The van der Waals surface area contributed by atoms with Crippen LogP contribution in [0.15, 0.2) is 108 Å². The van der Waals surface area contributed by atoms with E-state index in [0.717, 1.165) is 27.1 Å². The third-order valence-electron chi connectivity index (χ3n) is 6.21. The van der Waals surface area contributed by atoms with Gasteiger partial charge in [0.2, 0.25) is 0 Å². The number of carbonyl (C=O) groups is 3. The maximum absolute atomic E-state index is 12.8.